The van der Waals surface area contributed by atoms with Gasteiger partial charge in [0.15, 0.2) is 5.69 Å². The normalized spacial score (nSPS) is 12.1. The van der Waals surface area contributed by atoms with E-state index < -0.39 is 47.2 Å². The molecule has 1 aromatic carbocycles. The number of nitrogens with zero attached hydrogens (tertiary/aromatic N) is 2. The lowest BCUT2D eigenvalue weighted by molar-refractivity contribution is -0.143. The van der Waals surface area contributed by atoms with Crippen LogP contribution in [0.5, 0.6) is 0 Å². The van der Waals surface area contributed by atoms with Crippen LogP contribution in [0.15, 0.2) is 23.6 Å². The fourth-order valence-electron chi connectivity index (χ4n) is 2.44. The Bertz CT molecular complexity index is 923. The van der Waals surface area contributed by atoms with E-state index in [0.717, 1.165) is 16.2 Å². The number of rotatable bonds is 5. The maximum Gasteiger partial charge on any atom is 0.416 e. The van der Waals surface area contributed by atoms with E-state index in [4.69, 9.17) is 0 Å². The fraction of sp³-hybridized carbons (Fsp3) is 0.389. The van der Waals surface area contributed by atoms with Gasteiger partial charge < -0.3 is 15.0 Å². The molecule has 170 valence electrons. The Balaban J connectivity index is 2.29. The molecule has 0 radical (unpaired) electrons. The number of thiazole rings is 1. The number of carbonyl (C=O) groups excluding carboxylic acids is 2. The number of urea groups is 1. The Morgan fingerprint density at radius 2 is 1.65 bits per heavy atom. The van der Waals surface area contributed by atoms with Crippen LogP contribution >= 0.6 is 11.3 Å². The highest BCUT2D eigenvalue weighted by Gasteiger charge is 2.37. The average Bonchev–Trinajstić information content (AvgIpc) is 3.12. The van der Waals surface area contributed by atoms with Crippen LogP contribution in [0.4, 0.5) is 36.8 Å². The summed E-state index contributed by atoms with van der Waals surface area (Å²) in [5.41, 5.74) is -3.74. The molecule has 0 unspecified atom stereocenters. The Hall–Kier alpha value is -2.83. The third kappa shape index (κ3) is 6.32. The topological polar surface area (TPSA) is 71.5 Å². The number of benzene rings is 1. The zero-order valence-electron chi connectivity index (χ0n) is 16.4. The average molecular weight is 469 g/mol. The lowest BCUT2D eigenvalue weighted by Gasteiger charge is -2.26. The van der Waals surface area contributed by atoms with Gasteiger partial charge in [-0.25, -0.2) is 14.6 Å². The van der Waals surface area contributed by atoms with Crippen molar-refractivity contribution in [1.82, 2.24) is 9.88 Å². The van der Waals surface area contributed by atoms with Crippen molar-refractivity contribution in [3.63, 3.8) is 0 Å². The molecule has 0 atom stereocenters. The molecule has 0 saturated carbocycles. The molecule has 0 saturated heterocycles. The quantitative estimate of drug-likeness (QED) is 0.470. The summed E-state index contributed by atoms with van der Waals surface area (Å²) >= 11 is 1.04. The first-order chi connectivity index (χ1) is 14.2. The number of ether oxygens (including phenoxy) is 1. The van der Waals surface area contributed by atoms with E-state index in [1.807, 2.05) is 0 Å². The summed E-state index contributed by atoms with van der Waals surface area (Å²) in [6.45, 7) is 3.07. The van der Waals surface area contributed by atoms with Crippen LogP contribution in [0, 0.1) is 0 Å². The molecule has 13 heteroatoms. The van der Waals surface area contributed by atoms with Gasteiger partial charge in [-0.3, -0.25) is 0 Å². The Morgan fingerprint density at radius 1 is 1.10 bits per heavy atom. The third-order valence-corrected chi connectivity index (χ3v) is 4.81. The molecule has 1 N–H and O–H groups in total. The third-order valence-electron chi connectivity index (χ3n) is 3.98. The summed E-state index contributed by atoms with van der Waals surface area (Å²) in [6.07, 6.45) is -10.1. The van der Waals surface area contributed by atoms with Gasteiger partial charge in [0.05, 0.1) is 24.8 Å². The zero-order valence-corrected chi connectivity index (χ0v) is 17.2. The first-order valence-electron chi connectivity index (χ1n) is 8.62. The maximum absolute atomic E-state index is 13.0. The Morgan fingerprint density at radius 3 is 2.10 bits per heavy atom. The Labute approximate surface area is 176 Å². The van der Waals surface area contributed by atoms with Gasteiger partial charge in [0.2, 0.25) is 0 Å². The van der Waals surface area contributed by atoms with E-state index in [1.165, 1.54) is 12.5 Å². The van der Waals surface area contributed by atoms with E-state index >= 15 is 0 Å². The zero-order chi connectivity index (χ0) is 23.6. The molecule has 0 fully saturated rings. The van der Waals surface area contributed by atoms with Crippen molar-refractivity contribution in [1.29, 1.82) is 0 Å². The van der Waals surface area contributed by atoms with Gasteiger partial charge in [-0.2, -0.15) is 26.3 Å². The molecule has 1 aromatic heterocycles. The van der Waals surface area contributed by atoms with Gasteiger partial charge in [-0.15, -0.1) is 11.3 Å². The molecule has 31 heavy (non-hydrogen) atoms. The summed E-state index contributed by atoms with van der Waals surface area (Å²) in [6, 6.07) is -0.607. The van der Waals surface area contributed by atoms with Crippen molar-refractivity contribution < 1.29 is 40.7 Å². The first kappa shape index (κ1) is 24.4. The minimum absolute atomic E-state index is 0.0133. The largest absolute Gasteiger partial charge is 0.464 e. The number of alkyl halides is 6. The van der Waals surface area contributed by atoms with E-state index in [2.05, 4.69) is 15.0 Å². The van der Waals surface area contributed by atoms with E-state index in [9.17, 15) is 35.9 Å². The van der Waals surface area contributed by atoms with Gasteiger partial charge in [-0.05, 0) is 32.0 Å². The number of amides is 2. The van der Waals surface area contributed by atoms with Crippen LogP contribution in [0.1, 0.15) is 40.5 Å². The molecule has 2 amide bonds. The second kappa shape index (κ2) is 9.12. The fourth-order valence-corrected chi connectivity index (χ4v) is 3.20. The van der Waals surface area contributed by atoms with Crippen LogP contribution in [-0.4, -0.2) is 35.0 Å². The first-order valence-corrected chi connectivity index (χ1v) is 9.50. The highest BCUT2D eigenvalue weighted by atomic mass is 32.1. The van der Waals surface area contributed by atoms with Crippen molar-refractivity contribution in [3.05, 3.63) is 45.4 Å². The molecule has 6 nitrogen and oxygen atoms in total. The van der Waals surface area contributed by atoms with Crippen LogP contribution in [0.25, 0.3) is 0 Å². The van der Waals surface area contributed by atoms with E-state index in [-0.39, 0.29) is 18.3 Å². The summed E-state index contributed by atoms with van der Waals surface area (Å²) in [4.78, 5) is 29.3. The smallest absolute Gasteiger partial charge is 0.416 e. The monoisotopic (exact) mass is 469 g/mol. The predicted molar refractivity (Wildman–Crippen MR) is 99.6 cm³/mol. The van der Waals surface area contributed by atoms with Crippen molar-refractivity contribution in [2.75, 3.05) is 12.4 Å². The minimum Gasteiger partial charge on any atom is -0.464 e. The highest BCUT2D eigenvalue weighted by molar-refractivity contribution is 7.09. The van der Waals surface area contributed by atoms with Crippen molar-refractivity contribution >= 4 is 29.0 Å². The predicted octanol–water partition coefficient (Wildman–Crippen LogP) is 5.41. The number of aromatic nitrogens is 1. The van der Waals surface area contributed by atoms with Gasteiger partial charge in [0, 0.05) is 17.1 Å². The molecule has 0 spiro atoms. The second-order valence-corrected chi connectivity index (χ2v) is 7.51. The number of anilines is 1. The van der Waals surface area contributed by atoms with Crippen molar-refractivity contribution in [2.45, 2.75) is 38.8 Å². The van der Waals surface area contributed by atoms with Crippen LogP contribution in [-0.2, 0) is 23.6 Å². The molecule has 1 heterocycles. The summed E-state index contributed by atoms with van der Waals surface area (Å²) in [7, 11) is 1.17. The molecule has 2 rings (SSSR count). The SMILES string of the molecule is COC(=O)c1csc(CN(C(=O)Nc2cc(C(F)(F)F)cc(C(F)(F)F)c2)C(C)C)n1. The van der Waals surface area contributed by atoms with Crippen LogP contribution < -0.4 is 5.32 Å². The summed E-state index contributed by atoms with van der Waals surface area (Å²) in [5, 5.41) is 3.81. The maximum atomic E-state index is 13.0. The molecule has 0 aliphatic heterocycles. The number of methoxy groups -OCH3 is 1. The number of hydrogen-bond donors (Lipinski definition) is 1. The highest BCUT2D eigenvalue weighted by Crippen LogP contribution is 2.37. The van der Waals surface area contributed by atoms with Gasteiger partial charge in [-0.1, -0.05) is 0 Å². The van der Waals surface area contributed by atoms with Crippen LogP contribution in [0.3, 0.4) is 0 Å². The van der Waals surface area contributed by atoms with Gasteiger partial charge in [0.25, 0.3) is 0 Å². The van der Waals surface area contributed by atoms with Crippen molar-refractivity contribution in [2.24, 2.45) is 0 Å². The summed E-state index contributed by atoms with van der Waals surface area (Å²) < 4.78 is 82.6. The van der Waals surface area contributed by atoms with Crippen LogP contribution in [0.2, 0.25) is 0 Å². The number of nitrogens with one attached hydrogen (secondary N) is 1. The van der Waals surface area contributed by atoms with E-state index in [1.54, 1.807) is 13.8 Å². The number of hydrogen-bond acceptors (Lipinski definition) is 5. The van der Waals surface area contributed by atoms with Crippen molar-refractivity contribution in [3.8, 4) is 0 Å². The molecule has 0 bridgehead atoms. The lowest BCUT2D eigenvalue weighted by Crippen LogP contribution is -2.39. The minimum atomic E-state index is -5.04. The number of carbonyl (C=O) groups is 2. The molecule has 0 aliphatic rings. The molecular weight excluding hydrogens is 452 g/mol. The van der Waals surface area contributed by atoms with E-state index in [0.29, 0.717) is 17.1 Å². The molecular formula is C18H17F6N3O3S. The second-order valence-electron chi connectivity index (χ2n) is 6.56. The van der Waals surface area contributed by atoms with Gasteiger partial charge >= 0.3 is 24.4 Å². The Kier molecular flexibility index (Phi) is 7.19. The molecule has 0 aliphatic carbocycles. The van der Waals surface area contributed by atoms with Gasteiger partial charge in [0.1, 0.15) is 5.01 Å². The standard InChI is InChI=1S/C18H17F6N3O3S/c1-9(2)27(7-14-26-13(8-31-14)15(28)30-3)16(29)25-12-5-10(17(19,20)21)4-11(6-12)18(22,23)24/h4-6,8-9H,7H2,1-3H3,(H,25,29). The summed E-state index contributed by atoms with van der Waals surface area (Å²) in [5.74, 6) is -0.688. The number of esters is 1. The molecule has 2 aromatic rings. The lowest BCUT2D eigenvalue weighted by atomic mass is 10.1. The number of halogens is 6.